The first-order valence-corrected chi connectivity index (χ1v) is 10.6. The molecule has 1 aromatic carbocycles. The van der Waals surface area contributed by atoms with Gasteiger partial charge in [-0.3, -0.25) is 9.48 Å². The van der Waals surface area contributed by atoms with E-state index < -0.39 is 5.72 Å². The summed E-state index contributed by atoms with van der Waals surface area (Å²) in [4.78, 5) is 17.4. The molecule has 162 valence electrons. The maximum absolute atomic E-state index is 13.2. The molecule has 3 N–H and O–H groups in total. The third-order valence-corrected chi connectivity index (χ3v) is 6.04. The van der Waals surface area contributed by atoms with Crippen LogP contribution in [0.4, 0.5) is 5.82 Å². The molecule has 0 saturated heterocycles. The molecule has 31 heavy (non-hydrogen) atoms. The number of pyridine rings is 1. The number of benzene rings is 1. The van der Waals surface area contributed by atoms with Crippen LogP contribution in [0.3, 0.4) is 0 Å². The lowest BCUT2D eigenvalue weighted by atomic mass is 10.1. The van der Waals surface area contributed by atoms with E-state index in [4.69, 9.17) is 10.5 Å². The number of carbonyl (C=O) groups is 1. The number of hydrogen-bond donors (Lipinski definition) is 2. The average Bonchev–Trinajstić information content (AvgIpc) is 3.39. The van der Waals surface area contributed by atoms with E-state index in [1.807, 2.05) is 13.2 Å². The van der Waals surface area contributed by atoms with Crippen molar-refractivity contribution in [3.63, 3.8) is 0 Å². The van der Waals surface area contributed by atoms with Crippen LogP contribution >= 0.6 is 0 Å². The van der Waals surface area contributed by atoms with Crippen LogP contribution in [0.15, 0.2) is 42.9 Å². The molecule has 1 aliphatic rings. The predicted octanol–water partition coefficient (Wildman–Crippen LogP) is 3.90. The van der Waals surface area contributed by atoms with Gasteiger partial charge in [0.1, 0.15) is 11.5 Å². The fraction of sp³-hybridized carbons (Fsp3) is 0.375. The number of ether oxygens (including phenoxy) is 1. The predicted molar refractivity (Wildman–Crippen MR) is 120 cm³/mol. The van der Waals surface area contributed by atoms with Crippen molar-refractivity contribution in [1.29, 1.82) is 0 Å². The molecule has 3 aromatic rings. The van der Waals surface area contributed by atoms with Gasteiger partial charge in [-0.15, -0.1) is 0 Å². The van der Waals surface area contributed by atoms with Crippen LogP contribution in [0.1, 0.15) is 52.7 Å². The van der Waals surface area contributed by atoms with Crippen LogP contribution in [0.2, 0.25) is 0 Å². The van der Waals surface area contributed by atoms with Gasteiger partial charge in [0, 0.05) is 30.6 Å². The van der Waals surface area contributed by atoms with Crippen LogP contribution in [-0.2, 0) is 18.4 Å². The smallest absolute Gasteiger partial charge is 0.257 e. The summed E-state index contributed by atoms with van der Waals surface area (Å²) in [6, 6.07) is 8.08. The zero-order valence-corrected chi connectivity index (χ0v) is 18.3. The number of nitrogens with two attached hydrogens (primary N) is 1. The first-order chi connectivity index (χ1) is 14.8. The highest BCUT2D eigenvalue weighted by Crippen LogP contribution is 2.33. The molecule has 1 saturated carbocycles. The molecule has 2 heterocycles. The summed E-state index contributed by atoms with van der Waals surface area (Å²) < 4.78 is 8.02. The Morgan fingerprint density at radius 2 is 1.94 bits per heavy atom. The van der Waals surface area contributed by atoms with Crippen LogP contribution in [-0.4, -0.2) is 26.4 Å². The lowest BCUT2D eigenvalue weighted by Gasteiger charge is -2.31. The normalized spacial score (nSPS) is 15.2. The fourth-order valence-electron chi connectivity index (χ4n) is 4.03. The van der Waals surface area contributed by atoms with Gasteiger partial charge in [-0.25, -0.2) is 4.98 Å². The molecule has 0 atom stereocenters. The molecule has 7 nitrogen and oxygen atoms in total. The summed E-state index contributed by atoms with van der Waals surface area (Å²) in [5, 5.41) is 7.31. The average molecular weight is 420 g/mol. The number of nitrogens with zero attached hydrogens (tertiary/aromatic N) is 3. The maximum Gasteiger partial charge on any atom is 0.257 e. The van der Waals surface area contributed by atoms with Gasteiger partial charge in [-0.1, -0.05) is 18.2 Å². The van der Waals surface area contributed by atoms with E-state index in [1.54, 1.807) is 23.1 Å². The highest BCUT2D eigenvalue weighted by Gasteiger charge is 2.37. The van der Waals surface area contributed by atoms with Gasteiger partial charge in [0.2, 0.25) is 0 Å². The Kier molecular flexibility index (Phi) is 5.78. The standard InChI is InChI=1S/C24H29N5O2/c1-16-6-7-18(10-17(16)2)15-31-24(8-4-5-9-24)28-23(30)21-11-19(12-26-22(21)25)20-13-27-29(3)14-20/h6-7,10-14H,4-5,8-9,15H2,1-3H3,(H2,25,26)(H,28,30). The number of anilines is 1. The summed E-state index contributed by atoms with van der Waals surface area (Å²) in [6.45, 7) is 4.64. The molecule has 1 fully saturated rings. The summed E-state index contributed by atoms with van der Waals surface area (Å²) in [5.41, 5.74) is 11.0. The number of aryl methyl sites for hydroxylation is 3. The largest absolute Gasteiger partial charge is 0.383 e. The maximum atomic E-state index is 13.2. The summed E-state index contributed by atoms with van der Waals surface area (Å²) in [7, 11) is 1.85. The third-order valence-electron chi connectivity index (χ3n) is 6.04. The molecular formula is C24H29N5O2. The van der Waals surface area contributed by atoms with E-state index in [2.05, 4.69) is 47.4 Å². The van der Waals surface area contributed by atoms with Crippen LogP contribution in [0.5, 0.6) is 0 Å². The van der Waals surface area contributed by atoms with E-state index in [0.717, 1.165) is 42.4 Å². The van der Waals surface area contributed by atoms with E-state index in [1.165, 1.54) is 11.1 Å². The van der Waals surface area contributed by atoms with Crippen LogP contribution in [0, 0.1) is 13.8 Å². The van der Waals surface area contributed by atoms with Gasteiger partial charge in [0.25, 0.3) is 5.91 Å². The number of aromatic nitrogens is 3. The topological polar surface area (TPSA) is 95.1 Å². The fourth-order valence-corrected chi connectivity index (χ4v) is 4.03. The van der Waals surface area contributed by atoms with Crippen molar-refractivity contribution < 1.29 is 9.53 Å². The zero-order chi connectivity index (χ0) is 22.0. The first kappa shape index (κ1) is 21.1. The lowest BCUT2D eigenvalue weighted by Crippen LogP contribution is -2.48. The minimum atomic E-state index is -0.688. The summed E-state index contributed by atoms with van der Waals surface area (Å²) in [5.74, 6) is -0.0647. The minimum Gasteiger partial charge on any atom is -0.383 e. The van der Waals surface area contributed by atoms with Crippen molar-refractivity contribution in [2.75, 3.05) is 5.73 Å². The quantitative estimate of drug-likeness (QED) is 0.591. The molecule has 0 spiro atoms. The highest BCUT2D eigenvalue weighted by molar-refractivity contribution is 5.99. The number of amides is 1. The molecule has 2 aromatic heterocycles. The van der Waals surface area contributed by atoms with Crippen molar-refractivity contribution in [2.24, 2.45) is 7.05 Å². The number of hydrogen-bond acceptors (Lipinski definition) is 5. The van der Waals surface area contributed by atoms with Crippen LogP contribution in [0.25, 0.3) is 11.1 Å². The van der Waals surface area contributed by atoms with Gasteiger partial charge < -0.3 is 15.8 Å². The highest BCUT2D eigenvalue weighted by atomic mass is 16.5. The molecule has 0 radical (unpaired) electrons. The zero-order valence-electron chi connectivity index (χ0n) is 18.3. The Hall–Kier alpha value is -3.19. The minimum absolute atomic E-state index is 0.201. The molecule has 0 unspecified atom stereocenters. The van der Waals surface area contributed by atoms with Gasteiger partial charge in [-0.2, -0.15) is 5.10 Å². The Morgan fingerprint density at radius 1 is 1.16 bits per heavy atom. The Morgan fingerprint density at radius 3 is 2.61 bits per heavy atom. The Bertz CT molecular complexity index is 1100. The van der Waals surface area contributed by atoms with Crippen molar-refractivity contribution in [3.8, 4) is 11.1 Å². The van der Waals surface area contributed by atoms with Gasteiger partial charge in [0.15, 0.2) is 0 Å². The van der Waals surface area contributed by atoms with Crippen molar-refractivity contribution in [2.45, 2.75) is 51.9 Å². The van der Waals surface area contributed by atoms with Gasteiger partial charge in [0.05, 0.1) is 18.4 Å². The number of carbonyl (C=O) groups excluding carboxylic acids is 1. The molecule has 7 heteroatoms. The third kappa shape index (κ3) is 4.61. The van der Waals surface area contributed by atoms with E-state index in [9.17, 15) is 4.79 Å². The van der Waals surface area contributed by atoms with E-state index in [-0.39, 0.29) is 11.7 Å². The van der Waals surface area contributed by atoms with E-state index in [0.29, 0.717) is 12.2 Å². The Labute approximate surface area is 182 Å². The van der Waals surface area contributed by atoms with Crippen molar-refractivity contribution in [3.05, 3.63) is 65.1 Å². The number of nitrogen functional groups attached to an aromatic ring is 1. The summed E-state index contributed by atoms with van der Waals surface area (Å²) >= 11 is 0. The second kappa shape index (κ2) is 8.51. The van der Waals surface area contributed by atoms with Crippen molar-refractivity contribution in [1.82, 2.24) is 20.1 Å². The van der Waals surface area contributed by atoms with Crippen LogP contribution < -0.4 is 11.1 Å². The molecule has 4 rings (SSSR count). The molecular weight excluding hydrogens is 390 g/mol. The molecule has 1 amide bonds. The number of rotatable bonds is 6. The number of nitrogens with one attached hydrogen (secondary N) is 1. The molecule has 0 aliphatic heterocycles. The van der Waals surface area contributed by atoms with Crippen molar-refractivity contribution >= 4 is 11.7 Å². The molecule has 0 bridgehead atoms. The van der Waals surface area contributed by atoms with Gasteiger partial charge >= 0.3 is 0 Å². The first-order valence-electron chi connectivity index (χ1n) is 10.6. The van der Waals surface area contributed by atoms with Gasteiger partial charge in [-0.05, 0) is 62.3 Å². The second-order valence-corrected chi connectivity index (χ2v) is 8.42. The second-order valence-electron chi connectivity index (χ2n) is 8.42. The summed E-state index contributed by atoms with van der Waals surface area (Å²) in [6.07, 6.45) is 8.84. The molecule has 1 aliphatic carbocycles. The Balaban J connectivity index is 1.52. The SMILES string of the molecule is Cc1ccc(COC2(NC(=O)c3cc(-c4cnn(C)c4)cnc3N)CCCC2)cc1C. The lowest BCUT2D eigenvalue weighted by molar-refractivity contribution is -0.0696. The van der Waals surface area contributed by atoms with E-state index >= 15 is 0 Å². The monoisotopic (exact) mass is 419 g/mol.